The zero-order valence-corrected chi connectivity index (χ0v) is 18.9. The van der Waals surface area contributed by atoms with Crippen molar-refractivity contribution in [1.29, 1.82) is 0 Å². The van der Waals surface area contributed by atoms with Crippen LogP contribution in [0.1, 0.15) is 28.7 Å². The van der Waals surface area contributed by atoms with E-state index in [2.05, 4.69) is 10.2 Å². The minimum atomic E-state index is -1.01. The van der Waals surface area contributed by atoms with Crippen LogP contribution >= 0.6 is 23.2 Å². The number of carboxylic acid groups (broad SMARTS) is 1. The highest BCUT2D eigenvalue weighted by atomic mass is 35.5. The number of carbonyl (C=O) groups is 1. The Morgan fingerprint density at radius 3 is 2.52 bits per heavy atom. The normalized spacial score (nSPS) is 12.3. The van der Waals surface area contributed by atoms with Gasteiger partial charge in [-0.3, -0.25) is 5.10 Å². The van der Waals surface area contributed by atoms with Crippen LogP contribution in [0.25, 0.3) is 28.1 Å². The van der Waals surface area contributed by atoms with Gasteiger partial charge in [-0.05, 0) is 70.2 Å². The molecule has 166 valence electrons. The fourth-order valence-corrected chi connectivity index (χ4v) is 4.24. The van der Waals surface area contributed by atoms with Gasteiger partial charge < -0.3 is 5.11 Å². The Balaban J connectivity index is 1.95. The number of nitrogens with one attached hydrogen (secondary N) is 1. The van der Waals surface area contributed by atoms with Crippen molar-refractivity contribution in [3.05, 3.63) is 106 Å². The average molecular weight is 481 g/mol. The highest BCUT2D eigenvalue weighted by Gasteiger charge is 2.17. The van der Waals surface area contributed by atoms with Gasteiger partial charge in [-0.1, -0.05) is 48.0 Å². The molecule has 0 aliphatic carbocycles. The summed E-state index contributed by atoms with van der Waals surface area (Å²) in [6.07, 6.45) is 4.88. The van der Waals surface area contributed by atoms with Crippen LogP contribution in [-0.2, 0) is 4.79 Å². The molecular formula is C26H19Cl2FN2O2. The first-order valence-electron chi connectivity index (χ1n) is 10.2. The number of benzene rings is 3. The Hall–Kier alpha value is -3.41. The maximum atomic E-state index is 13.8. The quantitative estimate of drug-likeness (QED) is 0.169. The number of aromatic amines is 1. The molecule has 4 rings (SSSR count). The lowest BCUT2D eigenvalue weighted by Gasteiger charge is -2.18. The van der Waals surface area contributed by atoms with Crippen molar-refractivity contribution in [2.24, 2.45) is 0 Å². The summed E-state index contributed by atoms with van der Waals surface area (Å²) in [6, 6.07) is 17.8. The predicted molar refractivity (Wildman–Crippen MR) is 132 cm³/mol. The molecule has 4 nitrogen and oxygen atoms in total. The molecule has 0 saturated carbocycles. The van der Waals surface area contributed by atoms with E-state index in [0.717, 1.165) is 44.8 Å². The smallest absolute Gasteiger partial charge is 0.328 e. The fraction of sp³-hybridized carbons (Fsp3) is 0.0769. The van der Waals surface area contributed by atoms with E-state index in [1.165, 1.54) is 18.2 Å². The van der Waals surface area contributed by atoms with Crippen molar-refractivity contribution >= 4 is 57.3 Å². The molecule has 3 aromatic carbocycles. The Morgan fingerprint density at radius 2 is 1.82 bits per heavy atom. The van der Waals surface area contributed by atoms with Gasteiger partial charge in [-0.25, -0.2) is 9.18 Å². The number of nitrogens with zero attached hydrogens (tertiary/aromatic N) is 1. The standard InChI is InChI=1S/C26H19Cl2FN2O2/c27-12-11-22(21-8-7-20(29)14-23(21)28)26(18-6-9-24-19(13-18)15-30-31-24)17-4-1-16(2-5-17)3-10-25(32)33/h1-10,13-15H,11-12H2,(H,30,31)(H,32,33). The summed E-state index contributed by atoms with van der Waals surface area (Å²) in [4.78, 5) is 10.8. The number of hydrogen-bond donors (Lipinski definition) is 2. The molecule has 2 N–H and O–H groups in total. The van der Waals surface area contributed by atoms with Gasteiger partial charge in [0.15, 0.2) is 0 Å². The average Bonchev–Trinajstić information content (AvgIpc) is 3.26. The minimum absolute atomic E-state index is 0.304. The summed E-state index contributed by atoms with van der Waals surface area (Å²) in [5.41, 5.74) is 5.98. The van der Waals surface area contributed by atoms with E-state index in [0.29, 0.717) is 22.9 Å². The van der Waals surface area contributed by atoms with E-state index >= 15 is 0 Å². The lowest BCUT2D eigenvalue weighted by Crippen LogP contribution is -1.98. The summed E-state index contributed by atoms with van der Waals surface area (Å²) in [5.74, 6) is -1.08. The molecule has 7 heteroatoms. The zero-order valence-electron chi connectivity index (χ0n) is 17.4. The summed E-state index contributed by atoms with van der Waals surface area (Å²) in [6.45, 7) is 0. The van der Waals surface area contributed by atoms with Crippen molar-refractivity contribution in [3.63, 3.8) is 0 Å². The molecule has 0 amide bonds. The van der Waals surface area contributed by atoms with Crippen LogP contribution in [0.4, 0.5) is 4.39 Å². The molecule has 0 atom stereocenters. The number of fused-ring (bicyclic) bond motifs is 1. The molecule has 1 heterocycles. The number of hydrogen-bond acceptors (Lipinski definition) is 2. The van der Waals surface area contributed by atoms with Gasteiger partial charge in [-0.2, -0.15) is 5.10 Å². The molecule has 33 heavy (non-hydrogen) atoms. The van der Waals surface area contributed by atoms with Gasteiger partial charge in [0.2, 0.25) is 0 Å². The number of H-pyrrole nitrogens is 1. The van der Waals surface area contributed by atoms with Gasteiger partial charge in [-0.15, -0.1) is 11.6 Å². The first-order chi connectivity index (χ1) is 16.0. The second kappa shape index (κ2) is 10.0. The second-order valence-corrected chi connectivity index (χ2v) is 8.17. The Labute approximate surface area is 200 Å². The number of aliphatic carboxylic acids is 1. The number of rotatable bonds is 7. The predicted octanol–water partition coefficient (Wildman–Crippen LogP) is 7.04. The van der Waals surface area contributed by atoms with Gasteiger partial charge in [0.1, 0.15) is 5.82 Å². The lowest BCUT2D eigenvalue weighted by atomic mass is 9.87. The highest BCUT2D eigenvalue weighted by Crippen LogP contribution is 2.38. The van der Waals surface area contributed by atoms with Crippen LogP contribution in [0, 0.1) is 5.82 Å². The summed E-state index contributed by atoms with van der Waals surface area (Å²) in [5, 5.41) is 17.2. The van der Waals surface area contributed by atoms with Crippen LogP contribution in [0.3, 0.4) is 0 Å². The first-order valence-corrected chi connectivity index (χ1v) is 11.1. The second-order valence-electron chi connectivity index (χ2n) is 7.38. The molecule has 0 fully saturated rings. The summed E-state index contributed by atoms with van der Waals surface area (Å²) in [7, 11) is 0. The van der Waals surface area contributed by atoms with Gasteiger partial charge in [0.25, 0.3) is 0 Å². The molecular weight excluding hydrogens is 462 g/mol. The number of carboxylic acids is 1. The van der Waals surface area contributed by atoms with E-state index in [1.807, 2.05) is 42.5 Å². The van der Waals surface area contributed by atoms with Crippen molar-refractivity contribution in [2.75, 3.05) is 5.88 Å². The number of halogens is 3. The molecule has 0 aliphatic heterocycles. The number of aromatic nitrogens is 2. The van der Waals surface area contributed by atoms with E-state index in [-0.39, 0.29) is 0 Å². The van der Waals surface area contributed by atoms with Crippen LogP contribution < -0.4 is 0 Å². The third-order valence-corrected chi connectivity index (χ3v) is 5.75. The highest BCUT2D eigenvalue weighted by molar-refractivity contribution is 6.33. The largest absolute Gasteiger partial charge is 0.478 e. The van der Waals surface area contributed by atoms with Crippen LogP contribution in [-0.4, -0.2) is 27.2 Å². The van der Waals surface area contributed by atoms with Gasteiger partial charge >= 0.3 is 5.97 Å². The number of allylic oxidation sites excluding steroid dienone is 1. The van der Waals surface area contributed by atoms with Crippen molar-refractivity contribution in [1.82, 2.24) is 10.2 Å². The van der Waals surface area contributed by atoms with Crippen molar-refractivity contribution < 1.29 is 14.3 Å². The third kappa shape index (κ3) is 5.16. The first kappa shape index (κ1) is 22.8. The molecule has 0 spiro atoms. The Morgan fingerprint density at radius 1 is 1.06 bits per heavy atom. The SMILES string of the molecule is O=C(O)C=Cc1ccc(C(=C(CCCl)c2ccc(F)cc2Cl)c2ccc3[nH]ncc3c2)cc1. The summed E-state index contributed by atoms with van der Waals surface area (Å²) < 4.78 is 13.8. The lowest BCUT2D eigenvalue weighted by molar-refractivity contribution is -0.131. The minimum Gasteiger partial charge on any atom is -0.478 e. The van der Waals surface area contributed by atoms with E-state index in [1.54, 1.807) is 12.3 Å². The van der Waals surface area contributed by atoms with Crippen LogP contribution in [0.15, 0.2) is 72.9 Å². The monoisotopic (exact) mass is 480 g/mol. The molecule has 4 aromatic rings. The fourth-order valence-electron chi connectivity index (χ4n) is 3.76. The van der Waals surface area contributed by atoms with E-state index in [4.69, 9.17) is 28.3 Å². The van der Waals surface area contributed by atoms with Gasteiger partial charge in [0, 0.05) is 17.3 Å². The number of alkyl halides is 1. The topological polar surface area (TPSA) is 66.0 Å². The molecule has 0 saturated heterocycles. The van der Waals surface area contributed by atoms with Crippen LogP contribution in [0.2, 0.25) is 5.02 Å². The zero-order chi connectivity index (χ0) is 23.4. The summed E-state index contributed by atoms with van der Waals surface area (Å²) >= 11 is 12.6. The maximum absolute atomic E-state index is 13.8. The van der Waals surface area contributed by atoms with Crippen molar-refractivity contribution in [3.8, 4) is 0 Å². The van der Waals surface area contributed by atoms with Crippen molar-refractivity contribution in [2.45, 2.75) is 6.42 Å². The van der Waals surface area contributed by atoms with Crippen LogP contribution in [0.5, 0.6) is 0 Å². The molecule has 0 aliphatic rings. The molecule has 0 bridgehead atoms. The Bertz CT molecular complexity index is 1370. The Kier molecular flexibility index (Phi) is 6.92. The molecule has 1 aromatic heterocycles. The van der Waals surface area contributed by atoms with E-state index < -0.39 is 11.8 Å². The third-order valence-electron chi connectivity index (χ3n) is 5.25. The molecule has 0 radical (unpaired) electrons. The molecule has 0 unspecified atom stereocenters. The maximum Gasteiger partial charge on any atom is 0.328 e. The van der Waals surface area contributed by atoms with Gasteiger partial charge in [0.05, 0.1) is 16.7 Å². The van der Waals surface area contributed by atoms with E-state index in [9.17, 15) is 9.18 Å².